The van der Waals surface area contributed by atoms with Crippen LogP contribution >= 0.6 is 0 Å². The van der Waals surface area contributed by atoms with Crippen molar-refractivity contribution in [3.05, 3.63) is 64.2 Å². The summed E-state index contributed by atoms with van der Waals surface area (Å²) in [5.74, 6) is 0.270. The molecule has 2 rings (SSSR count). The summed E-state index contributed by atoms with van der Waals surface area (Å²) in [5.41, 5.74) is 5.34. The van der Waals surface area contributed by atoms with Crippen molar-refractivity contribution in [2.75, 3.05) is 13.7 Å². The van der Waals surface area contributed by atoms with Gasteiger partial charge in [0.25, 0.3) is 5.91 Å². The van der Waals surface area contributed by atoms with Gasteiger partial charge >= 0.3 is 0 Å². The maximum Gasteiger partial charge on any atom is 0.261 e. The quantitative estimate of drug-likeness (QED) is 0.798. The van der Waals surface area contributed by atoms with Crippen molar-refractivity contribution < 1.29 is 14.3 Å². The van der Waals surface area contributed by atoms with Crippen molar-refractivity contribution in [3.63, 3.8) is 0 Å². The molecule has 0 aliphatic rings. The minimum atomic E-state index is -0.595. The minimum Gasteiger partial charge on any atom is -0.483 e. The number of nitrogens with one attached hydrogen (secondary N) is 1. The SMILES string of the molecule is CNC(=O)[C@@H](C)N(Cc1ccc(C)cc1)C(=O)COc1cc(C)cc(C)c1C. The zero-order valence-electron chi connectivity index (χ0n) is 17.6. The molecule has 0 spiro atoms. The van der Waals surface area contributed by atoms with E-state index in [1.807, 2.05) is 58.0 Å². The number of ether oxygens (including phenoxy) is 1. The topological polar surface area (TPSA) is 58.6 Å². The number of rotatable bonds is 7. The largest absolute Gasteiger partial charge is 0.483 e. The highest BCUT2D eigenvalue weighted by atomic mass is 16.5. The highest BCUT2D eigenvalue weighted by Crippen LogP contribution is 2.23. The summed E-state index contributed by atoms with van der Waals surface area (Å²) in [6.45, 7) is 9.98. The van der Waals surface area contributed by atoms with E-state index >= 15 is 0 Å². The fraction of sp³-hybridized carbons (Fsp3) is 0.391. The van der Waals surface area contributed by atoms with Crippen molar-refractivity contribution in [2.45, 2.75) is 47.2 Å². The van der Waals surface area contributed by atoms with E-state index in [-0.39, 0.29) is 18.4 Å². The van der Waals surface area contributed by atoms with Gasteiger partial charge in [-0.15, -0.1) is 0 Å². The average molecular weight is 383 g/mol. The molecular weight excluding hydrogens is 352 g/mol. The van der Waals surface area contributed by atoms with Gasteiger partial charge in [-0.1, -0.05) is 35.9 Å². The number of likely N-dealkylation sites (N-methyl/N-ethyl adjacent to an activating group) is 1. The molecule has 0 aliphatic heterocycles. The van der Waals surface area contributed by atoms with Crippen molar-refractivity contribution in [1.82, 2.24) is 10.2 Å². The smallest absolute Gasteiger partial charge is 0.261 e. The molecule has 2 aromatic carbocycles. The predicted octanol–water partition coefficient (Wildman–Crippen LogP) is 3.46. The molecule has 1 atom stereocenters. The number of carbonyl (C=O) groups is 2. The third-order valence-corrected chi connectivity index (χ3v) is 5.00. The lowest BCUT2D eigenvalue weighted by Crippen LogP contribution is -2.48. The van der Waals surface area contributed by atoms with Crippen molar-refractivity contribution in [2.24, 2.45) is 0 Å². The summed E-state index contributed by atoms with van der Waals surface area (Å²) in [4.78, 5) is 26.7. The number of nitrogens with zero attached hydrogens (tertiary/aromatic N) is 1. The van der Waals surface area contributed by atoms with Gasteiger partial charge in [0.1, 0.15) is 11.8 Å². The van der Waals surface area contributed by atoms with Gasteiger partial charge < -0.3 is 15.0 Å². The number of aryl methyl sites for hydroxylation is 3. The zero-order chi connectivity index (χ0) is 20.8. The van der Waals surface area contributed by atoms with Crippen LogP contribution in [0.25, 0.3) is 0 Å². The number of hydrogen-bond donors (Lipinski definition) is 1. The van der Waals surface area contributed by atoms with E-state index in [1.54, 1.807) is 18.9 Å². The predicted molar refractivity (Wildman–Crippen MR) is 111 cm³/mol. The van der Waals surface area contributed by atoms with Gasteiger partial charge in [0, 0.05) is 13.6 Å². The van der Waals surface area contributed by atoms with Gasteiger partial charge in [-0.25, -0.2) is 0 Å². The van der Waals surface area contributed by atoms with Gasteiger partial charge in [-0.3, -0.25) is 9.59 Å². The summed E-state index contributed by atoms with van der Waals surface area (Å²) >= 11 is 0. The molecule has 0 saturated carbocycles. The number of amides is 2. The van der Waals surface area contributed by atoms with E-state index in [9.17, 15) is 9.59 Å². The van der Waals surface area contributed by atoms with Crippen LogP contribution < -0.4 is 10.1 Å². The Morgan fingerprint density at radius 1 is 1.04 bits per heavy atom. The Balaban J connectivity index is 2.18. The van der Waals surface area contributed by atoms with E-state index in [1.165, 1.54) is 0 Å². The van der Waals surface area contributed by atoms with Gasteiger partial charge in [-0.2, -0.15) is 0 Å². The lowest BCUT2D eigenvalue weighted by molar-refractivity contribution is -0.142. The summed E-state index contributed by atoms with van der Waals surface area (Å²) in [6, 6.07) is 11.4. The van der Waals surface area contributed by atoms with Crippen LogP contribution in [0, 0.1) is 27.7 Å². The number of hydrogen-bond acceptors (Lipinski definition) is 3. The normalized spacial score (nSPS) is 11.6. The first-order valence-electron chi connectivity index (χ1n) is 9.50. The second-order valence-electron chi connectivity index (χ2n) is 7.29. The Morgan fingerprint density at radius 2 is 1.68 bits per heavy atom. The van der Waals surface area contributed by atoms with Crippen LogP contribution in [-0.2, 0) is 16.1 Å². The lowest BCUT2D eigenvalue weighted by atomic mass is 10.1. The molecule has 2 amide bonds. The van der Waals surface area contributed by atoms with E-state index in [2.05, 4.69) is 11.4 Å². The molecular formula is C23H30N2O3. The van der Waals surface area contributed by atoms with Gasteiger partial charge in [0.05, 0.1) is 0 Å². The monoisotopic (exact) mass is 382 g/mol. The molecule has 0 unspecified atom stereocenters. The van der Waals surface area contributed by atoms with Crippen LogP contribution in [0.5, 0.6) is 5.75 Å². The van der Waals surface area contributed by atoms with Crippen molar-refractivity contribution in [1.29, 1.82) is 0 Å². The van der Waals surface area contributed by atoms with Crippen LogP contribution in [0.1, 0.15) is 34.7 Å². The third-order valence-electron chi connectivity index (χ3n) is 5.00. The molecule has 0 saturated heterocycles. The fourth-order valence-corrected chi connectivity index (χ4v) is 3.05. The Morgan fingerprint density at radius 3 is 2.29 bits per heavy atom. The van der Waals surface area contributed by atoms with Gasteiger partial charge in [0.2, 0.25) is 5.91 Å². The Labute approximate surface area is 167 Å². The Kier molecular flexibility index (Phi) is 7.21. The third kappa shape index (κ3) is 5.35. The van der Waals surface area contributed by atoms with Crippen LogP contribution in [0.15, 0.2) is 36.4 Å². The molecule has 0 heterocycles. The second kappa shape index (κ2) is 9.40. The van der Waals surface area contributed by atoms with E-state index in [4.69, 9.17) is 4.74 Å². The second-order valence-corrected chi connectivity index (χ2v) is 7.29. The Hall–Kier alpha value is -2.82. The zero-order valence-corrected chi connectivity index (χ0v) is 17.6. The molecule has 2 aromatic rings. The van der Waals surface area contributed by atoms with Crippen LogP contribution in [0.3, 0.4) is 0 Å². The molecule has 0 bridgehead atoms. The fourth-order valence-electron chi connectivity index (χ4n) is 3.05. The maximum atomic E-state index is 13.0. The first-order chi connectivity index (χ1) is 13.2. The first-order valence-corrected chi connectivity index (χ1v) is 9.50. The van der Waals surface area contributed by atoms with Crippen LogP contribution in [-0.4, -0.2) is 36.4 Å². The van der Waals surface area contributed by atoms with Crippen LogP contribution in [0.4, 0.5) is 0 Å². The molecule has 5 heteroatoms. The minimum absolute atomic E-state index is 0.114. The first kappa shape index (κ1) is 21.5. The van der Waals surface area contributed by atoms with Crippen molar-refractivity contribution in [3.8, 4) is 5.75 Å². The lowest BCUT2D eigenvalue weighted by Gasteiger charge is -2.28. The molecule has 0 radical (unpaired) electrons. The van der Waals surface area contributed by atoms with E-state index in [0.29, 0.717) is 12.3 Å². The average Bonchev–Trinajstić information content (AvgIpc) is 2.67. The highest BCUT2D eigenvalue weighted by Gasteiger charge is 2.26. The van der Waals surface area contributed by atoms with Gasteiger partial charge in [0.15, 0.2) is 6.61 Å². The molecule has 0 fully saturated rings. The molecule has 150 valence electrons. The molecule has 28 heavy (non-hydrogen) atoms. The van der Waals surface area contributed by atoms with Crippen molar-refractivity contribution >= 4 is 11.8 Å². The number of benzene rings is 2. The number of carbonyl (C=O) groups excluding carboxylic acids is 2. The maximum absolute atomic E-state index is 13.0. The molecule has 5 nitrogen and oxygen atoms in total. The van der Waals surface area contributed by atoms with Gasteiger partial charge in [-0.05, 0) is 62.9 Å². The highest BCUT2D eigenvalue weighted by molar-refractivity contribution is 5.87. The Bertz CT molecular complexity index is 844. The molecule has 1 N–H and O–H groups in total. The summed E-state index contributed by atoms with van der Waals surface area (Å²) in [5, 5.41) is 2.62. The summed E-state index contributed by atoms with van der Waals surface area (Å²) in [6.07, 6.45) is 0. The van der Waals surface area contributed by atoms with Crippen LogP contribution in [0.2, 0.25) is 0 Å². The summed E-state index contributed by atoms with van der Waals surface area (Å²) < 4.78 is 5.84. The molecule has 0 aliphatic carbocycles. The molecule has 0 aromatic heterocycles. The standard InChI is InChI=1S/C23H30N2O3/c1-15-7-9-20(10-8-15)13-25(19(5)23(27)24-6)22(26)14-28-21-12-16(2)11-17(3)18(21)4/h7-12,19H,13-14H2,1-6H3,(H,24,27)/t19-/m1/s1. The summed E-state index contributed by atoms with van der Waals surface area (Å²) in [7, 11) is 1.57. The van der Waals surface area contributed by atoms with E-state index in [0.717, 1.165) is 27.8 Å². The van der Waals surface area contributed by atoms with E-state index < -0.39 is 6.04 Å².